The molecule has 0 saturated heterocycles. The van der Waals surface area contributed by atoms with E-state index >= 15 is 0 Å². The van der Waals surface area contributed by atoms with Gasteiger partial charge in [0, 0.05) is 18.3 Å². The first-order valence-electron chi connectivity index (χ1n) is 5.65. The number of hydrogen-bond acceptors (Lipinski definition) is 4. The van der Waals surface area contributed by atoms with Crippen molar-refractivity contribution in [1.29, 1.82) is 0 Å². The quantitative estimate of drug-likeness (QED) is 0.676. The number of rotatable bonds is 6. The van der Waals surface area contributed by atoms with Crippen LogP contribution in [0.1, 0.15) is 19.8 Å². The summed E-state index contributed by atoms with van der Waals surface area (Å²) in [4.78, 5) is -0.491. The van der Waals surface area contributed by atoms with Crippen LogP contribution in [0.3, 0.4) is 0 Å². The van der Waals surface area contributed by atoms with Gasteiger partial charge in [0.25, 0.3) is 0 Å². The number of aliphatic hydroxyl groups excluding tert-OH is 1. The van der Waals surface area contributed by atoms with Gasteiger partial charge in [0.05, 0.1) is 4.47 Å². The predicted octanol–water partition coefficient (Wildman–Crippen LogP) is 1.61. The summed E-state index contributed by atoms with van der Waals surface area (Å²) in [6, 6.07) is 1.96. The lowest BCUT2D eigenvalue weighted by Crippen LogP contribution is -2.33. The van der Waals surface area contributed by atoms with Crippen LogP contribution in [0, 0.1) is 5.82 Å². The third-order valence-corrected chi connectivity index (χ3v) is 4.62. The number of halogens is 2. The van der Waals surface area contributed by atoms with E-state index in [1.807, 2.05) is 0 Å². The van der Waals surface area contributed by atoms with Gasteiger partial charge in [-0.25, -0.2) is 17.5 Å². The Labute approximate surface area is 120 Å². The summed E-state index contributed by atoms with van der Waals surface area (Å²) in [7, 11) is -3.98. The van der Waals surface area contributed by atoms with Crippen LogP contribution in [0.2, 0.25) is 0 Å². The highest BCUT2D eigenvalue weighted by Crippen LogP contribution is 2.26. The average molecular weight is 355 g/mol. The number of anilines is 1. The molecule has 0 radical (unpaired) electrons. The molecule has 0 amide bonds. The number of aliphatic hydroxyl groups is 1. The number of nitrogens with one attached hydrogen (secondary N) is 1. The summed E-state index contributed by atoms with van der Waals surface area (Å²) in [6.45, 7) is 1.62. The predicted molar refractivity (Wildman–Crippen MR) is 74.6 cm³/mol. The second-order valence-corrected chi connectivity index (χ2v) is 6.74. The lowest BCUT2D eigenvalue weighted by atomic mass is 10.2. The van der Waals surface area contributed by atoms with E-state index < -0.39 is 26.8 Å². The van der Waals surface area contributed by atoms with Gasteiger partial charge in [-0.05, 0) is 47.8 Å². The van der Waals surface area contributed by atoms with Gasteiger partial charge in [-0.3, -0.25) is 0 Å². The molecule has 19 heavy (non-hydrogen) atoms. The largest absolute Gasteiger partial charge is 0.399 e. The van der Waals surface area contributed by atoms with E-state index in [2.05, 4.69) is 20.7 Å². The molecule has 0 aromatic heterocycles. The Morgan fingerprint density at radius 3 is 2.74 bits per heavy atom. The molecule has 1 atom stereocenters. The first-order valence-corrected chi connectivity index (χ1v) is 7.93. The fraction of sp³-hybridized carbons (Fsp3) is 0.455. The Hall–Kier alpha value is -0.700. The smallest absolute Gasteiger partial charge is 0.243 e. The minimum Gasteiger partial charge on any atom is -0.399 e. The van der Waals surface area contributed by atoms with E-state index in [0.29, 0.717) is 12.8 Å². The zero-order valence-electron chi connectivity index (χ0n) is 10.4. The van der Waals surface area contributed by atoms with Crippen LogP contribution in [0.25, 0.3) is 0 Å². The molecule has 108 valence electrons. The number of sulfonamides is 1. The molecule has 1 unspecified atom stereocenters. The van der Waals surface area contributed by atoms with Crippen molar-refractivity contribution < 1.29 is 17.9 Å². The van der Waals surface area contributed by atoms with Crippen molar-refractivity contribution in [2.75, 3.05) is 12.3 Å². The Kier molecular flexibility index (Phi) is 5.72. The van der Waals surface area contributed by atoms with Crippen molar-refractivity contribution >= 4 is 31.6 Å². The monoisotopic (exact) mass is 354 g/mol. The summed E-state index contributed by atoms with van der Waals surface area (Å²) >= 11 is 2.92. The van der Waals surface area contributed by atoms with Crippen molar-refractivity contribution in [3.63, 3.8) is 0 Å². The first kappa shape index (κ1) is 16.4. The van der Waals surface area contributed by atoms with Gasteiger partial charge in [0.15, 0.2) is 5.82 Å². The number of hydrogen-bond donors (Lipinski definition) is 3. The van der Waals surface area contributed by atoms with E-state index in [1.165, 1.54) is 6.07 Å². The van der Waals surface area contributed by atoms with E-state index in [4.69, 9.17) is 10.8 Å². The highest BCUT2D eigenvalue weighted by molar-refractivity contribution is 9.10. The molecule has 0 heterocycles. The van der Waals surface area contributed by atoms with Crippen molar-refractivity contribution in [2.24, 2.45) is 0 Å². The molecule has 0 fully saturated rings. The second-order valence-electron chi connectivity index (χ2n) is 4.20. The Bertz CT molecular complexity index is 551. The zero-order chi connectivity index (χ0) is 14.6. The summed E-state index contributed by atoms with van der Waals surface area (Å²) < 4.78 is 40.2. The molecule has 1 rings (SSSR count). The fourth-order valence-electron chi connectivity index (χ4n) is 1.56. The van der Waals surface area contributed by atoms with Crippen LogP contribution in [0.4, 0.5) is 10.1 Å². The van der Waals surface area contributed by atoms with Crippen LogP contribution < -0.4 is 10.5 Å². The molecular weight excluding hydrogens is 339 g/mol. The molecular formula is C11H16BrFN2O3S. The lowest BCUT2D eigenvalue weighted by molar-refractivity contribution is 0.279. The normalized spacial score (nSPS) is 13.5. The molecule has 8 heteroatoms. The molecule has 5 nitrogen and oxygen atoms in total. The minimum absolute atomic E-state index is 0.00381. The average Bonchev–Trinajstić information content (AvgIpc) is 2.30. The lowest BCUT2D eigenvalue weighted by Gasteiger charge is -2.14. The van der Waals surface area contributed by atoms with E-state index in [9.17, 15) is 12.8 Å². The Morgan fingerprint density at radius 2 is 2.16 bits per heavy atom. The summed E-state index contributed by atoms with van der Waals surface area (Å²) in [5.41, 5.74) is 5.66. The first-order chi connectivity index (χ1) is 8.77. The minimum atomic E-state index is -3.98. The summed E-state index contributed by atoms with van der Waals surface area (Å²) in [5, 5.41) is 8.69. The molecule has 0 bridgehead atoms. The topological polar surface area (TPSA) is 92.4 Å². The maximum atomic E-state index is 13.8. The third kappa shape index (κ3) is 4.41. The summed E-state index contributed by atoms with van der Waals surface area (Å²) in [5.74, 6) is -0.879. The highest BCUT2D eigenvalue weighted by atomic mass is 79.9. The Balaban J connectivity index is 3.01. The maximum Gasteiger partial charge on any atom is 0.243 e. The van der Waals surface area contributed by atoms with Gasteiger partial charge in [0.2, 0.25) is 10.0 Å². The SMILES string of the molecule is CC(CCCO)NS(=O)(=O)c1cc(N)cc(Br)c1F. The Morgan fingerprint density at radius 1 is 1.53 bits per heavy atom. The fourth-order valence-corrected chi connectivity index (χ4v) is 3.58. The van der Waals surface area contributed by atoms with Gasteiger partial charge in [0.1, 0.15) is 4.90 Å². The molecule has 1 aromatic rings. The van der Waals surface area contributed by atoms with Gasteiger partial charge in [-0.15, -0.1) is 0 Å². The summed E-state index contributed by atoms with van der Waals surface area (Å²) in [6.07, 6.45) is 0.924. The molecule has 4 N–H and O–H groups in total. The standard InChI is InChI=1S/C11H16BrFN2O3S/c1-7(3-2-4-16)15-19(17,18)10-6-8(14)5-9(12)11(10)13/h5-7,15-16H,2-4,14H2,1H3. The van der Waals surface area contributed by atoms with E-state index in [-0.39, 0.29) is 16.8 Å². The van der Waals surface area contributed by atoms with Crippen LogP contribution in [0.15, 0.2) is 21.5 Å². The van der Waals surface area contributed by atoms with Gasteiger partial charge in [-0.1, -0.05) is 0 Å². The van der Waals surface area contributed by atoms with Crippen molar-refractivity contribution in [2.45, 2.75) is 30.7 Å². The van der Waals surface area contributed by atoms with Crippen LogP contribution >= 0.6 is 15.9 Å². The number of nitrogens with two attached hydrogens (primary N) is 1. The van der Waals surface area contributed by atoms with Gasteiger partial charge in [-0.2, -0.15) is 0 Å². The molecule has 0 aliphatic carbocycles. The third-order valence-electron chi connectivity index (χ3n) is 2.46. The molecule has 0 aliphatic heterocycles. The molecule has 0 saturated carbocycles. The number of benzene rings is 1. The van der Waals surface area contributed by atoms with Crippen LogP contribution in [0.5, 0.6) is 0 Å². The second kappa shape index (κ2) is 6.65. The van der Waals surface area contributed by atoms with E-state index in [0.717, 1.165) is 6.07 Å². The van der Waals surface area contributed by atoms with Gasteiger partial charge < -0.3 is 10.8 Å². The molecule has 0 spiro atoms. The number of nitrogen functional groups attached to an aromatic ring is 1. The van der Waals surface area contributed by atoms with Gasteiger partial charge >= 0.3 is 0 Å². The van der Waals surface area contributed by atoms with Crippen LogP contribution in [-0.2, 0) is 10.0 Å². The van der Waals surface area contributed by atoms with E-state index in [1.54, 1.807) is 6.92 Å². The maximum absolute atomic E-state index is 13.8. The van der Waals surface area contributed by atoms with Crippen molar-refractivity contribution in [3.05, 3.63) is 22.4 Å². The zero-order valence-corrected chi connectivity index (χ0v) is 12.8. The molecule has 0 aliphatic rings. The van der Waals surface area contributed by atoms with Crippen molar-refractivity contribution in [1.82, 2.24) is 4.72 Å². The van der Waals surface area contributed by atoms with Crippen LogP contribution in [-0.4, -0.2) is 26.2 Å². The molecule has 1 aromatic carbocycles. The highest BCUT2D eigenvalue weighted by Gasteiger charge is 2.23. The van der Waals surface area contributed by atoms with Crippen molar-refractivity contribution in [3.8, 4) is 0 Å².